The summed E-state index contributed by atoms with van der Waals surface area (Å²) in [5.41, 5.74) is 1.13. The van der Waals surface area contributed by atoms with Gasteiger partial charge in [-0.3, -0.25) is 19.3 Å². The highest BCUT2D eigenvalue weighted by Crippen LogP contribution is 2.27. The van der Waals surface area contributed by atoms with Crippen molar-refractivity contribution in [2.24, 2.45) is 5.92 Å². The zero-order valence-corrected chi connectivity index (χ0v) is 18.4. The maximum Gasteiger partial charge on any atom is 0.329 e. The van der Waals surface area contributed by atoms with Gasteiger partial charge in [0, 0.05) is 11.1 Å². The lowest BCUT2D eigenvalue weighted by Crippen LogP contribution is -2.46. The standard InChI is InChI=1S/C26H24N2O5/c1-16(2)14-22(28-24(30)19-11-5-6-12-20(19)25(28)31)26(32)33-15-23(29)27-21-13-7-9-17-8-3-4-10-18(17)21/h3-13,16,22H,14-15H2,1-2H3,(H,27,29)/t22-/m1/s1. The molecule has 1 heterocycles. The molecule has 0 bridgehead atoms. The SMILES string of the molecule is CC(C)C[C@H](C(=O)OCC(=O)Nc1cccc2ccccc12)N1C(=O)c2ccccc2C1=O. The van der Waals surface area contributed by atoms with E-state index in [1.54, 1.807) is 30.3 Å². The van der Waals surface area contributed by atoms with Gasteiger partial charge in [0.05, 0.1) is 11.1 Å². The number of fused-ring (bicyclic) bond motifs is 2. The summed E-state index contributed by atoms with van der Waals surface area (Å²) < 4.78 is 5.26. The average Bonchev–Trinajstić information content (AvgIpc) is 3.06. The number of carbonyl (C=O) groups is 4. The van der Waals surface area contributed by atoms with Crippen molar-refractivity contribution in [2.45, 2.75) is 26.3 Å². The van der Waals surface area contributed by atoms with Gasteiger partial charge < -0.3 is 10.1 Å². The second kappa shape index (κ2) is 9.24. The molecule has 1 aliphatic heterocycles. The number of imide groups is 1. The maximum absolute atomic E-state index is 12.9. The topological polar surface area (TPSA) is 92.8 Å². The number of ether oxygens (including phenoxy) is 1. The Balaban J connectivity index is 1.46. The number of benzene rings is 3. The third-order valence-corrected chi connectivity index (χ3v) is 5.51. The van der Waals surface area contributed by atoms with Gasteiger partial charge in [-0.25, -0.2) is 4.79 Å². The number of carbonyl (C=O) groups excluding carboxylic acids is 4. The summed E-state index contributed by atoms with van der Waals surface area (Å²) >= 11 is 0. The lowest BCUT2D eigenvalue weighted by atomic mass is 10.0. The van der Waals surface area contributed by atoms with Gasteiger partial charge in [-0.1, -0.05) is 62.4 Å². The molecule has 0 fully saturated rings. The number of esters is 1. The van der Waals surface area contributed by atoms with Gasteiger partial charge in [0.15, 0.2) is 6.61 Å². The number of nitrogens with zero attached hydrogens (tertiary/aromatic N) is 1. The average molecular weight is 444 g/mol. The molecule has 0 spiro atoms. The molecule has 4 rings (SSSR count). The Kier molecular flexibility index (Phi) is 6.22. The fraction of sp³-hybridized carbons (Fsp3) is 0.231. The second-order valence-electron chi connectivity index (χ2n) is 8.35. The van der Waals surface area contributed by atoms with Crippen LogP contribution in [0.25, 0.3) is 10.8 Å². The minimum atomic E-state index is -1.11. The molecule has 3 aromatic rings. The van der Waals surface area contributed by atoms with Gasteiger partial charge in [-0.05, 0) is 35.9 Å². The number of rotatable bonds is 7. The highest BCUT2D eigenvalue weighted by Gasteiger charge is 2.43. The number of amides is 3. The van der Waals surface area contributed by atoms with E-state index in [0.717, 1.165) is 15.7 Å². The van der Waals surface area contributed by atoms with Crippen LogP contribution in [0.3, 0.4) is 0 Å². The number of hydrogen-bond donors (Lipinski definition) is 1. The van der Waals surface area contributed by atoms with E-state index >= 15 is 0 Å². The number of anilines is 1. The number of hydrogen-bond acceptors (Lipinski definition) is 5. The molecule has 7 heteroatoms. The van der Waals surface area contributed by atoms with Gasteiger partial charge in [0.2, 0.25) is 0 Å². The van der Waals surface area contributed by atoms with E-state index in [9.17, 15) is 19.2 Å². The summed E-state index contributed by atoms with van der Waals surface area (Å²) in [6, 6.07) is 18.5. The third-order valence-electron chi connectivity index (χ3n) is 5.51. The van der Waals surface area contributed by atoms with Crippen LogP contribution in [0.1, 0.15) is 41.0 Å². The predicted octanol–water partition coefficient (Wildman–Crippen LogP) is 4.03. The van der Waals surface area contributed by atoms with E-state index < -0.39 is 36.3 Å². The minimum absolute atomic E-state index is 0.0105. The first-order chi connectivity index (χ1) is 15.9. The van der Waals surface area contributed by atoms with E-state index in [0.29, 0.717) is 5.69 Å². The summed E-state index contributed by atoms with van der Waals surface area (Å²) in [7, 11) is 0. The first kappa shape index (κ1) is 22.2. The minimum Gasteiger partial charge on any atom is -0.454 e. The smallest absolute Gasteiger partial charge is 0.329 e. The van der Waals surface area contributed by atoms with Crippen LogP contribution in [-0.4, -0.2) is 41.2 Å². The lowest BCUT2D eigenvalue weighted by molar-refractivity contribution is -0.151. The van der Waals surface area contributed by atoms with Crippen LogP contribution in [0, 0.1) is 5.92 Å². The van der Waals surface area contributed by atoms with E-state index in [4.69, 9.17) is 4.74 Å². The van der Waals surface area contributed by atoms with Gasteiger partial charge in [-0.2, -0.15) is 0 Å². The molecule has 0 saturated heterocycles. The largest absolute Gasteiger partial charge is 0.454 e. The Hall–Kier alpha value is -4.00. The highest BCUT2D eigenvalue weighted by atomic mass is 16.5. The van der Waals surface area contributed by atoms with Crippen molar-refractivity contribution in [3.63, 3.8) is 0 Å². The first-order valence-corrected chi connectivity index (χ1v) is 10.8. The molecule has 0 unspecified atom stereocenters. The molecule has 168 valence electrons. The summed E-state index contributed by atoms with van der Waals surface area (Å²) in [6.07, 6.45) is 0.231. The monoisotopic (exact) mass is 444 g/mol. The van der Waals surface area contributed by atoms with Crippen molar-refractivity contribution in [1.29, 1.82) is 0 Å². The van der Waals surface area contributed by atoms with Crippen molar-refractivity contribution in [3.8, 4) is 0 Å². The fourth-order valence-electron chi connectivity index (χ4n) is 4.00. The van der Waals surface area contributed by atoms with Crippen LogP contribution in [0.2, 0.25) is 0 Å². The maximum atomic E-state index is 12.9. The zero-order valence-electron chi connectivity index (χ0n) is 18.4. The molecular formula is C26H24N2O5. The van der Waals surface area contributed by atoms with E-state index in [2.05, 4.69) is 5.32 Å². The predicted molar refractivity (Wildman–Crippen MR) is 124 cm³/mol. The van der Waals surface area contributed by atoms with E-state index in [-0.39, 0.29) is 23.5 Å². The Morgan fingerprint density at radius 3 is 2.15 bits per heavy atom. The summed E-state index contributed by atoms with van der Waals surface area (Å²) in [5.74, 6) is -2.34. The van der Waals surface area contributed by atoms with Crippen LogP contribution in [0.15, 0.2) is 66.7 Å². The fourth-order valence-corrected chi connectivity index (χ4v) is 4.00. The summed E-state index contributed by atoms with van der Waals surface area (Å²) in [5, 5.41) is 4.59. The third kappa shape index (κ3) is 4.48. The zero-order chi connectivity index (χ0) is 23.5. The van der Waals surface area contributed by atoms with Crippen LogP contribution in [0.5, 0.6) is 0 Å². The van der Waals surface area contributed by atoms with Gasteiger partial charge in [0.25, 0.3) is 17.7 Å². The highest BCUT2D eigenvalue weighted by molar-refractivity contribution is 6.22. The summed E-state index contributed by atoms with van der Waals surface area (Å²) in [4.78, 5) is 52.1. The van der Waals surface area contributed by atoms with Crippen LogP contribution >= 0.6 is 0 Å². The molecule has 33 heavy (non-hydrogen) atoms. The molecule has 1 N–H and O–H groups in total. The Labute approximate surface area is 191 Å². The molecule has 7 nitrogen and oxygen atoms in total. The van der Waals surface area contributed by atoms with Crippen molar-refractivity contribution >= 4 is 40.2 Å². The van der Waals surface area contributed by atoms with Gasteiger partial charge in [0.1, 0.15) is 6.04 Å². The van der Waals surface area contributed by atoms with Crippen molar-refractivity contribution in [2.75, 3.05) is 11.9 Å². The molecule has 3 aromatic carbocycles. The van der Waals surface area contributed by atoms with Gasteiger partial charge in [-0.15, -0.1) is 0 Å². The Bertz CT molecular complexity index is 1210. The quantitative estimate of drug-likeness (QED) is 0.439. The van der Waals surface area contributed by atoms with Crippen molar-refractivity contribution in [1.82, 2.24) is 4.90 Å². The Morgan fingerprint density at radius 1 is 0.879 bits per heavy atom. The molecule has 0 radical (unpaired) electrons. The van der Waals surface area contributed by atoms with E-state index in [1.807, 2.05) is 50.2 Å². The summed E-state index contributed by atoms with van der Waals surface area (Å²) in [6.45, 7) is 3.23. The molecule has 3 amide bonds. The molecular weight excluding hydrogens is 420 g/mol. The van der Waals surface area contributed by atoms with Gasteiger partial charge >= 0.3 is 5.97 Å². The van der Waals surface area contributed by atoms with Crippen molar-refractivity contribution in [3.05, 3.63) is 77.9 Å². The molecule has 0 aromatic heterocycles. The molecule has 1 aliphatic rings. The van der Waals surface area contributed by atoms with E-state index in [1.165, 1.54) is 0 Å². The van der Waals surface area contributed by atoms with Crippen LogP contribution in [-0.2, 0) is 14.3 Å². The Morgan fingerprint density at radius 2 is 1.48 bits per heavy atom. The molecule has 0 saturated carbocycles. The van der Waals surface area contributed by atoms with Crippen molar-refractivity contribution < 1.29 is 23.9 Å². The number of nitrogens with one attached hydrogen (secondary N) is 1. The second-order valence-corrected chi connectivity index (χ2v) is 8.35. The van der Waals surface area contributed by atoms with Crippen LogP contribution in [0.4, 0.5) is 5.69 Å². The lowest BCUT2D eigenvalue weighted by Gasteiger charge is -2.25. The normalized spacial score (nSPS) is 13.8. The molecule has 0 aliphatic carbocycles. The first-order valence-electron chi connectivity index (χ1n) is 10.8. The van der Waals surface area contributed by atoms with Crippen LogP contribution < -0.4 is 5.32 Å². The molecule has 1 atom stereocenters.